The summed E-state index contributed by atoms with van der Waals surface area (Å²) in [6.07, 6.45) is 0. The van der Waals surface area contributed by atoms with Gasteiger partial charge in [-0.25, -0.2) is 0 Å². The number of aliphatic hydroxyl groups is 1. The molecule has 0 aliphatic rings. The number of phenolic OH excluding ortho intramolecular Hbond substituents is 1. The second-order valence-corrected chi connectivity index (χ2v) is 4.76. The van der Waals surface area contributed by atoms with Crippen molar-refractivity contribution in [2.75, 3.05) is 6.61 Å². The summed E-state index contributed by atoms with van der Waals surface area (Å²) < 4.78 is 0. The summed E-state index contributed by atoms with van der Waals surface area (Å²) in [6, 6.07) is 4.27. The SMILES string of the molecule is CC(C)(CO)[C@H](N)c1cc(Cl)ccc1O. The molecule has 1 rings (SSSR count). The van der Waals surface area contributed by atoms with Crippen molar-refractivity contribution in [3.8, 4) is 5.75 Å². The average molecular weight is 230 g/mol. The monoisotopic (exact) mass is 229 g/mol. The Hall–Kier alpha value is -0.770. The van der Waals surface area contributed by atoms with Gasteiger partial charge in [0.2, 0.25) is 0 Å². The Morgan fingerprint density at radius 3 is 2.60 bits per heavy atom. The molecule has 0 saturated carbocycles. The minimum absolute atomic E-state index is 0.0554. The van der Waals surface area contributed by atoms with E-state index in [-0.39, 0.29) is 12.4 Å². The fourth-order valence-corrected chi connectivity index (χ4v) is 1.47. The first-order valence-electron chi connectivity index (χ1n) is 4.73. The summed E-state index contributed by atoms with van der Waals surface area (Å²) >= 11 is 5.83. The highest BCUT2D eigenvalue weighted by Gasteiger charge is 2.28. The Balaban J connectivity index is 3.10. The fraction of sp³-hybridized carbons (Fsp3) is 0.455. The van der Waals surface area contributed by atoms with E-state index >= 15 is 0 Å². The lowest BCUT2D eigenvalue weighted by atomic mass is 9.81. The highest BCUT2D eigenvalue weighted by atomic mass is 35.5. The molecule has 4 N–H and O–H groups in total. The molecule has 1 aromatic carbocycles. The first-order chi connectivity index (χ1) is 6.88. The molecule has 4 heteroatoms. The van der Waals surface area contributed by atoms with Crippen molar-refractivity contribution in [1.82, 2.24) is 0 Å². The van der Waals surface area contributed by atoms with Crippen molar-refractivity contribution in [2.45, 2.75) is 19.9 Å². The van der Waals surface area contributed by atoms with Gasteiger partial charge in [0.25, 0.3) is 0 Å². The number of hydrogen-bond donors (Lipinski definition) is 3. The van der Waals surface area contributed by atoms with E-state index < -0.39 is 11.5 Å². The van der Waals surface area contributed by atoms with Crippen LogP contribution < -0.4 is 5.73 Å². The Kier molecular flexibility index (Phi) is 3.60. The Labute approximate surface area is 94.5 Å². The second kappa shape index (κ2) is 4.39. The number of nitrogens with two attached hydrogens (primary N) is 1. The molecule has 0 fully saturated rings. The summed E-state index contributed by atoms with van der Waals surface area (Å²) in [7, 11) is 0. The Bertz CT molecular complexity index is 352. The first-order valence-corrected chi connectivity index (χ1v) is 5.11. The number of rotatable bonds is 3. The summed E-state index contributed by atoms with van der Waals surface area (Å²) in [5.74, 6) is 0.105. The lowest BCUT2D eigenvalue weighted by molar-refractivity contribution is 0.131. The standard InChI is InChI=1S/C11H16ClNO2/c1-11(2,6-14)10(13)8-5-7(12)3-4-9(8)15/h3-5,10,14-15H,6,13H2,1-2H3/t10-/m1/s1. The third-order valence-corrected chi connectivity index (χ3v) is 2.81. The van der Waals surface area contributed by atoms with Crippen molar-refractivity contribution in [2.24, 2.45) is 11.1 Å². The molecule has 84 valence electrons. The van der Waals surface area contributed by atoms with E-state index in [1.165, 1.54) is 6.07 Å². The predicted molar refractivity (Wildman–Crippen MR) is 60.9 cm³/mol. The molecular weight excluding hydrogens is 214 g/mol. The van der Waals surface area contributed by atoms with Gasteiger partial charge in [-0.05, 0) is 18.2 Å². The first kappa shape index (κ1) is 12.3. The van der Waals surface area contributed by atoms with E-state index in [0.29, 0.717) is 10.6 Å². The van der Waals surface area contributed by atoms with Crippen molar-refractivity contribution in [3.63, 3.8) is 0 Å². The molecule has 3 nitrogen and oxygen atoms in total. The summed E-state index contributed by atoms with van der Waals surface area (Å²) in [5, 5.41) is 19.4. The van der Waals surface area contributed by atoms with Gasteiger partial charge in [-0.15, -0.1) is 0 Å². The van der Waals surface area contributed by atoms with E-state index in [9.17, 15) is 10.2 Å². The maximum Gasteiger partial charge on any atom is 0.120 e. The molecule has 15 heavy (non-hydrogen) atoms. The van der Waals surface area contributed by atoms with Crippen LogP contribution in [0.1, 0.15) is 25.5 Å². The van der Waals surface area contributed by atoms with Crippen molar-refractivity contribution < 1.29 is 10.2 Å². The van der Waals surface area contributed by atoms with E-state index in [2.05, 4.69) is 0 Å². The van der Waals surface area contributed by atoms with Crippen LogP contribution in [0.2, 0.25) is 5.02 Å². The van der Waals surface area contributed by atoms with Crippen LogP contribution >= 0.6 is 11.6 Å². The zero-order valence-corrected chi connectivity index (χ0v) is 9.62. The zero-order valence-electron chi connectivity index (χ0n) is 8.87. The maximum absolute atomic E-state index is 9.64. The van der Waals surface area contributed by atoms with Gasteiger partial charge < -0.3 is 15.9 Å². The molecule has 0 heterocycles. The lowest BCUT2D eigenvalue weighted by Gasteiger charge is -2.30. The van der Waals surface area contributed by atoms with Crippen molar-refractivity contribution >= 4 is 11.6 Å². The molecule has 0 aliphatic heterocycles. The van der Waals surface area contributed by atoms with Crippen molar-refractivity contribution in [3.05, 3.63) is 28.8 Å². The molecule has 0 aromatic heterocycles. The van der Waals surface area contributed by atoms with Gasteiger partial charge in [0, 0.05) is 28.6 Å². The van der Waals surface area contributed by atoms with Crippen molar-refractivity contribution in [1.29, 1.82) is 0 Å². The van der Waals surface area contributed by atoms with Gasteiger partial charge in [-0.3, -0.25) is 0 Å². The molecule has 0 spiro atoms. The minimum Gasteiger partial charge on any atom is -0.508 e. The van der Waals surface area contributed by atoms with Gasteiger partial charge in [-0.1, -0.05) is 25.4 Å². The third-order valence-electron chi connectivity index (χ3n) is 2.57. The molecule has 1 aromatic rings. The van der Waals surface area contributed by atoms with Gasteiger partial charge in [-0.2, -0.15) is 0 Å². The number of benzene rings is 1. The van der Waals surface area contributed by atoms with Gasteiger partial charge in [0.05, 0.1) is 0 Å². The topological polar surface area (TPSA) is 66.5 Å². The molecule has 0 bridgehead atoms. The lowest BCUT2D eigenvalue weighted by Crippen LogP contribution is -2.32. The minimum atomic E-state index is -0.498. The van der Waals surface area contributed by atoms with Crippen LogP contribution in [0.5, 0.6) is 5.75 Å². The van der Waals surface area contributed by atoms with Crippen LogP contribution in [0.3, 0.4) is 0 Å². The number of aromatic hydroxyl groups is 1. The smallest absolute Gasteiger partial charge is 0.120 e. The third kappa shape index (κ3) is 2.62. The molecule has 0 amide bonds. The fourth-order valence-electron chi connectivity index (χ4n) is 1.29. The molecule has 0 unspecified atom stereocenters. The molecule has 1 atom stereocenters. The van der Waals surface area contributed by atoms with Gasteiger partial charge >= 0.3 is 0 Å². The number of hydrogen-bond acceptors (Lipinski definition) is 3. The molecule has 0 saturated heterocycles. The van der Waals surface area contributed by atoms with Crippen LogP contribution in [0.25, 0.3) is 0 Å². The van der Waals surface area contributed by atoms with E-state index in [1.807, 2.05) is 13.8 Å². The quantitative estimate of drug-likeness (QED) is 0.743. The number of phenols is 1. The maximum atomic E-state index is 9.64. The van der Waals surface area contributed by atoms with E-state index in [1.54, 1.807) is 12.1 Å². The highest BCUT2D eigenvalue weighted by Crippen LogP contribution is 2.36. The largest absolute Gasteiger partial charge is 0.508 e. The summed E-state index contributed by atoms with van der Waals surface area (Å²) in [6.45, 7) is 3.61. The van der Waals surface area contributed by atoms with Crippen LogP contribution in [0.4, 0.5) is 0 Å². The summed E-state index contributed by atoms with van der Waals surface area (Å²) in [5.41, 5.74) is 6.03. The van der Waals surface area contributed by atoms with Gasteiger partial charge in [0.15, 0.2) is 0 Å². The highest BCUT2D eigenvalue weighted by molar-refractivity contribution is 6.30. The second-order valence-electron chi connectivity index (χ2n) is 4.33. The molecular formula is C11H16ClNO2. The molecule has 0 radical (unpaired) electrons. The Morgan fingerprint density at radius 2 is 2.07 bits per heavy atom. The number of halogens is 1. The normalized spacial score (nSPS) is 13.9. The molecule has 0 aliphatic carbocycles. The van der Waals surface area contributed by atoms with Crippen LogP contribution in [-0.4, -0.2) is 16.8 Å². The van der Waals surface area contributed by atoms with Crippen LogP contribution in [0.15, 0.2) is 18.2 Å². The Morgan fingerprint density at radius 1 is 1.47 bits per heavy atom. The van der Waals surface area contributed by atoms with Gasteiger partial charge in [0.1, 0.15) is 5.75 Å². The van der Waals surface area contributed by atoms with E-state index in [4.69, 9.17) is 17.3 Å². The number of aliphatic hydroxyl groups excluding tert-OH is 1. The van der Waals surface area contributed by atoms with Crippen LogP contribution in [-0.2, 0) is 0 Å². The predicted octanol–water partition coefficient (Wildman–Crippen LogP) is 2.06. The van der Waals surface area contributed by atoms with E-state index in [0.717, 1.165) is 0 Å². The zero-order chi connectivity index (χ0) is 11.6. The average Bonchev–Trinajstić information content (AvgIpc) is 2.20. The van der Waals surface area contributed by atoms with Crippen LogP contribution in [0, 0.1) is 5.41 Å². The summed E-state index contributed by atoms with van der Waals surface area (Å²) in [4.78, 5) is 0.